The summed E-state index contributed by atoms with van der Waals surface area (Å²) in [6.07, 6.45) is 6.30. The van der Waals surface area contributed by atoms with Gasteiger partial charge in [0, 0.05) is 54.1 Å². The Bertz CT molecular complexity index is 1130. The standard InChI is InChI=1S/C37H64N4O4S/c1-12-25(8)29(21-33(42)31-17-15-16-18-40(31)11)37(45)41(14-3)32(23(4)5)20-27(10)36-39-30(22-46-36)35(44)38-28(13-2)19-26(9)34(43)24(6)7/h22-29,31-32H,12-21H2,1-11H3,(H,38,44)/t25?,26-,27+,28-,29-,31+,32+/m0/s1. The lowest BCUT2D eigenvalue weighted by molar-refractivity contribution is -0.144. The Balaban J connectivity index is 2.17. The molecule has 0 radical (unpaired) electrons. The number of ketones is 2. The first-order chi connectivity index (χ1) is 21.7. The van der Waals surface area contributed by atoms with Crippen LogP contribution in [0.5, 0.6) is 0 Å². The van der Waals surface area contributed by atoms with Crippen molar-refractivity contribution in [2.75, 3.05) is 20.1 Å². The summed E-state index contributed by atoms with van der Waals surface area (Å²) in [6, 6.07) is -0.192. The molecule has 7 atom stereocenters. The van der Waals surface area contributed by atoms with Crippen LogP contribution in [-0.2, 0) is 14.4 Å². The quantitative estimate of drug-likeness (QED) is 0.166. The van der Waals surface area contributed by atoms with E-state index in [9.17, 15) is 19.2 Å². The van der Waals surface area contributed by atoms with Gasteiger partial charge in [0.15, 0.2) is 5.78 Å². The minimum Gasteiger partial charge on any atom is -0.348 e. The summed E-state index contributed by atoms with van der Waals surface area (Å²) in [4.78, 5) is 62.3. The van der Waals surface area contributed by atoms with Gasteiger partial charge in [-0.25, -0.2) is 4.98 Å². The van der Waals surface area contributed by atoms with Gasteiger partial charge in [0.1, 0.15) is 11.5 Å². The predicted octanol–water partition coefficient (Wildman–Crippen LogP) is 7.38. The normalized spacial score (nSPS) is 19.7. The summed E-state index contributed by atoms with van der Waals surface area (Å²) in [6.45, 7) is 22.0. The summed E-state index contributed by atoms with van der Waals surface area (Å²) in [7, 11) is 2.03. The monoisotopic (exact) mass is 660 g/mol. The zero-order valence-electron chi connectivity index (χ0n) is 30.7. The lowest BCUT2D eigenvalue weighted by atomic mass is 9.82. The molecule has 1 N–H and O–H groups in total. The van der Waals surface area contributed by atoms with Gasteiger partial charge in [-0.1, -0.05) is 75.2 Å². The number of hydrogen-bond donors (Lipinski definition) is 1. The number of piperidine rings is 1. The molecule has 1 unspecified atom stereocenters. The van der Waals surface area contributed by atoms with Gasteiger partial charge in [-0.15, -0.1) is 11.3 Å². The molecule has 1 fully saturated rings. The zero-order chi connectivity index (χ0) is 34.7. The van der Waals surface area contributed by atoms with Crippen LogP contribution in [0.3, 0.4) is 0 Å². The first kappa shape index (κ1) is 40.0. The topological polar surface area (TPSA) is 99.7 Å². The number of amides is 2. The van der Waals surface area contributed by atoms with E-state index >= 15 is 0 Å². The van der Waals surface area contributed by atoms with Crippen LogP contribution in [0.1, 0.15) is 142 Å². The highest BCUT2D eigenvalue weighted by molar-refractivity contribution is 7.09. The number of carbonyl (C=O) groups is 4. The van der Waals surface area contributed by atoms with Crippen molar-refractivity contribution < 1.29 is 19.2 Å². The van der Waals surface area contributed by atoms with Crippen molar-refractivity contribution in [1.29, 1.82) is 0 Å². The first-order valence-electron chi connectivity index (χ1n) is 18.0. The fourth-order valence-corrected chi connectivity index (χ4v) is 7.83. The molecule has 0 aromatic carbocycles. The molecule has 1 aliphatic heterocycles. The van der Waals surface area contributed by atoms with Gasteiger partial charge in [0.2, 0.25) is 5.91 Å². The lowest BCUT2D eigenvalue weighted by Gasteiger charge is -2.39. The van der Waals surface area contributed by atoms with E-state index in [0.717, 1.165) is 50.1 Å². The third kappa shape index (κ3) is 11.0. The number of rotatable bonds is 19. The summed E-state index contributed by atoms with van der Waals surface area (Å²) in [5, 5.41) is 5.80. The number of carbonyl (C=O) groups excluding carboxylic acids is 4. The van der Waals surface area contributed by atoms with Crippen LogP contribution >= 0.6 is 11.3 Å². The van der Waals surface area contributed by atoms with E-state index in [1.165, 1.54) is 11.3 Å². The third-order valence-electron chi connectivity index (χ3n) is 10.3. The highest BCUT2D eigenvalue weighted by atomic mass is 32.1. The maximum Gasteiger partial charge on any atom is 0.270 e. The van der Waals surface area contributed by atoms with Crippen molar-refractivity contribution in [1.82, 2.24) is 20.1 Å². The molecule has 2 rings (SSSR count). The van der Waals surface area contributed by atoms with Crippen LogP contribution in [0, 0.1) is 29.6 Å². The molecule has 0 bridgehead atoms. The number of likely N-dealkylation sites (N-methyl/N-ethyl adjacent to an activating group) is 1. The van der Waals surface area contributed by atoms with Crippen molar-refractivity contribution >= 4 is 34.7 Å². The maximum absolute atomic E-state index is 14.3. The Morgan fingerprint density at radius 2 is 1.67 bits per heavy atom. The number of Topliss-reactive ketones (excluding diaryl/α,β-unsaturated/α-hetero) is 2. The van der Waals surface area contributed by atoms with E-state index in [1.807, 2.05) is 51.9 Å². The second kappa shape index (κ2) is 19.0. The van der Waals surface area contributed by atoms with Gasteiger partial charge in [0.25, 0.3) is 5.91 Å². The summed E-state index contributed by atoms with van der Waals surface area (Å²) < 4.78 is 0. The Hall–Kier alpha value is -2.13. The largest absolute Gasteiger partial charge is 0.348 e. The Labute approximate surface area is 283 Å². The molecule has 262 valence electrons. The van der Waals surface area contributed by atoms with Crippen molar-refractivity contribution in [3.05, 3.63) is 16.1 Å². The highest BCUT2D eigenvalue weighted by Gasteiger charge is 2.37. The molecule has 8 nitrogen and oxygen atoms in total. The van der Waals surface area contributed by atoms with Gasteiger partial charge < -0.3 is 10.2 Å². The molecule has 1 aromatic rings. The minimum absolute atomic E-state index is 0.0165. The summed E-state index contributed by atoms with van der Waals surface area (Å²) in [5.41, 5.74) is 0.403. The van der Waals surface area contributed by atoms with Gasteiger partial charge in [0.05, 0.1) is 11.0 Å². The molecule has 2 amide bonds. The number of nitrogens with one attached hydrogen (secondary N) is 1. The number of hydrogen-bond acceptors (Lipinski definition) is 7. The number of aromatic nitrogens is 1. The van der Waals surface area contributed by atoms with Crippen LogP contribution in [0.4, 0.5) is 0 Å². The van der Waals surface area contributed by atoms with Crippen LogP contribution < -0.4 is 5.32 Å². The maximum atomic E-state index is 14.3. The molecule has 1 saturated heterocycles. The fourth-order valence-electron chi connectivity index (χ4n) is 6.96. The van der Waals surface area contributed by atoms with Crippen molar-refractivity contribution in [2.24, 2.45) is 29.6 Å². The molecule has 0 spiro atoms. The lowest BCUT2D eigenvalue weighted by Crippen LogP contribution is -2.49. The summed E-state index contributed by atoms with van der Waals surface area (Å²) >= 11 is 1.49. The second-order valence-corrected chi connectivity index (χ2v) is 15.5. The molecular weight excluding hydrogens is 596 g/mol. The second-order valence-electron chi connectivity index (χ2n) is 14.6. The number of nitrogens with zero attached hydrogens (tertiary/aromatic N) is 3. The Kier molecular flexibility index (Phi) is 16.6. The van der Waals surface area contributed by atoms with Crippen molar-refractivity contribution in [3.63, 3.8) is 0 Å². The molecule has 1 aromatic heterocycles. The third-order valence-corrected chi connectivity index (χ3v) is 11.4. The fraction of sp³-hybridized carbons (Fsp3) is 0.811. The zero-order valence-corrected chi connectivity index (χ0v) is 31.5. The van der Waals surface area contributed by atoms with Gasteiger partial charge in [-0.3, -0.25) is 24.1 Å². The van der Waals surface area contributed by atoms with Gasteiger partial charge in [-0.2, -0.15) is 0 Å². The smallest absolute Gasteiger partial charge is 0.270 e. The molecule has 0 aliphatic carbocycles. The minimum atomic E-state index is -0.329. The molecule has 1 aliphatic rings. The van der Waals surface area contributed by atoms with Gasteiger partial charge in [-0.05, 0) is 64.5 Å². The van der Waals surface area contributed by atoms with Crippen LogP contribution in [0.25, 0.3) is 0 Å². The van der Waals surface area contributed by atoms with Crippen LogP contribution in [-0.4, -0.2) is 76.4 Å². The van der Waals surface area contributed by atoms with E-state index in [0.29, 0.717) is 25.1 Å². The molecule has 2 heterocycles. The first-order valence-corrected chi connectivity index (χ1v) is 18.9. The van der Waals surface area contributed by atoms with E-state index < -0.39 is 0 Å². The van der Waals surface area contributed by atoms with Crippen LogP contribution in [0.15, 0.2) is 5.38 Å². The molecular formula is C37H64N4O4S. The van der Waals surface area contributed by atoms with E-state index in [4.69, 9.17) is 4.98 Å². The number of thiazole rings is 1. The average molecular weight is 661 g/mol. The molecule has 0 saturated carbocycles. The van der Waals surface area contributed by atoms with Crippen molar-refractivity contribution in [3.8, 4) is 0 Å². The summed E-state index contributed by atoms with van der Waals surface area (Å²) in [5.74, 6) is 0.213. The van der Waals surface area contributed by atoms with Crippen LogP contribution in [0.2, 0.25) is 0 Å². The van der Waals surface area contributed by atoms with E-state index in [2.05, 4.69) is 44.8 Å². The van der Waals surface area contributed by atoms with Gasteiger partial charge >= 0.3 is 0 Å². The van der Waals surface area contributed by atoms with Crippen molar-refractivity contribution in [2.45, 2.75) is 145 Å². The Morgan fingerprint density at radius 1 is 1.00 bits per heavy atom. The molecule has 46 heavy (non-hydrogen) atoms. The average Bonchev–Trinajstić information content (AvgIpc) is 3.53. The Morgan fingerprint density at radius 3 is 2.22 bits per heavy atom. The number of likely N-dealkylation sites (tertiary alicyclic amines) is 1. The highest BCUT2D eigenvalue weighted by Crippen LogP contribution is 2.32. The van der Waals surface area contributed by atoms with E-state index in [1.54, 1.807) is 0 Å². The SMILES string of the molecule is CCC(C)[C@H](CC(=O)[C@H]1CCCCN1C)C(=O)N(CC)[C@H](C[C@@H](C)c1nc(C(=O)N[C@@H](CC)C[C@H](C)C(=O)C(C)C)cs1)C(C)C. The van der Waals surface area contributed by atoms with E-state index in [-0.39, 0.29) is 77.0 Å². The molecule has 9 heteroatoms. The predicted molar refractivity (Wildman–Crippen MR) is 189 cm³/mol.